The summed E-state index contributed by atoms with van der Waals surface area (Å²) in [6.45, 7) is 9.54. The first-order chi connectivity index (χ1) is 6.41. The molecule has 1 N–H and O–H groups in total. The Morgan fingerprint density at radius 1 is 0.923 bits per heavy atom. The minimum Gasteiger partial charge on any atom is -0.382 e. The number of hydrogen-bond donors (Lipinski definition) is 1. The Hall–Kier alpha value is -0.120. The van der Waals surface area contributed by atoms with Crippen molar-refractivity contribution in [3.8, 4) is 0 Å². The van der Waals surface area contributed by atoms with Gasteiger partial charge in [-0.15, -0.1) is 0 Å². The molecule has 0 aliphatic carbocycles. The van der Waals surface area contributed by atoms with Gasteiger partial charge in [0.15, 0.2) is 0 Å². The summed E-state index contributed by atoms with van der Waals surface area (Å²) < 4.78 is 10.6. The third kappa shape index (κ3) is 11.9. The molecule has 0 aromatic carbocycles. The Morgan fingerprint density at radius 3 is 2.31 bits per heavy atom. The number of hydrogen-bond acceptors (Lipinski definition) is 3. The first kappa shape index (κ1) is 12.9. The van der Waals surface area contributed by atoms with Gasteiger partial charge in [-0.05, 0) is 32.9 Å². The molecule has 0 bridgehead atoms. The van der Waals surface area contributed by atoms with Gasteiger partial charge in [0.2, 0.25) is 0 Å². The predicted molar refractivity (Wildman–Crippen MR) is 55.1 cm³/mol. The van der Waals surface area contributed by atoms with Gasteiger partial charge in [-0.3, -0.25) is 0 Å². The third-order valence-corrected chi connectivity index (χ3v) is 1.67. The topological polar surface area (TPSA) is 30.5 Å². The predicted octanol–water partition coefficient (Wildman–Crippen LogP) is 1.43. The van der Waals surface area contributed by atoms with Gasteiger partial charge in [0.1, 0.15) is 0 Å². The summed E-state index contributed by atoms with van der Waals surface area (Å²) in [5.74, 6) is 0. The molecule has 0 heterocycles. The van der Waals surface area contributed by atoms with Crippen molar-refractivity contribution in [2.45, 2.75) is 26.7 Å². The normalized spacial score (nSPS) is 10.6. The van der Waals surface area contributed by atoms with Crippen molar-refractivity contribution in [3.05, 3.63) is 0 Å². The molecule has 3 heteroatoms. The van der Waals surface area contributed by atoms with Gasteiger partial charge in [-0.2, -0.15) is 0 Å². The van der Waals surface area contributed by atoms with Crippen LogP contribution >= 0.6 is 0 Å². The van der Waals surface area contributed by atoms with Crippen molar-refractivity contribution in [3.63, 3.8) is 0 Å². The fraction of sp³-hybridized carbons (Fsp3) is 1.00. The number of ether oxygens (including phenoxy) is 2. The first-order valence-corrected chi connectivity index (χ1v) is 5.28. The van der Waals surface area contributed by atoms with Crippen LogP contribution in [0.4, 0.5) is 0 Å². The summed E-state index contributed by atoms with van der Waals surface area (Å²) in [5, 5.41) is 3.25. The van der Waals surface area contributed by atoms with E-state index < -0.39 is 0 Å². The van der Waals surface area contributed by atoms with E-state index in [2.05, 4.69) is 12.2 Å². The molecule has 0 radical (unpaired) electrons. The van der Waals surface area contributed by atoms with E-state index in [0.717, 1.165) is 52.4 Å². The zero-order valence-corrected chi connectivity index (χ0v) is 8.97. The molecule has 0 saturated carbocycles. The molecule has 0 atom stereocenters. The van der Waals surface area contributed by atoms with E-state index in [1.807, 2.05) is 6.92 Å². The smallest absolute Gasteiger partial charge is 0.0487 e. The van der Waals surface area contributed by atoms with E-state index in [1.54, 1.807) is 0 Å². The second-order valence-electron chi connectivity index (χ2n) is 2.87. The molecule has 80 valence electrons. The molecule has 0 spiro atoms. The molecular formula is C10H23NO2. The van der Waals surface area contributed by atoms with Crippen LogP contribution in [0.2, 0.25) is 0 Å². The molecule has 0 aliphatic rings. The van der Waals surface area contributed by atoms with Gasteiger partial charge in [-0.1, -0.05) is 6.92 Å². The largest absolute Gasteiger partial charge is 0.382 e. The van der Waals surface area contributed by atoms with Crippen LogP contribution in [-0.4, -0.2) is 39.5 Å². The quantitative estimate of drug-likeness (QED) is 0.527. The minimum atomic E-state index is 0.806. The lowest BCUT2D eigenvalue weighted by Gasteiger charge is -2.04. The van der Waals surface area contributed by atoms with Crippen molar-refractivity contribution in [1.82, 2.24) is 5.32 Å². The van der Waals surface area contributed by atoms with E-state index in [0.29, 0.717) is 0 Å². The molecule has 3 nitrogen and oxygen atoms in total. The van der Waals surface area contributed by atoms with Crippen LogP contribution in [0.1, 0.15) is 26.7 Å². The second kappa shape index (κ2) is 11.9. The standard InChI is InChI=1S/C10H23NO2/c1-3-11-7-5-8-13-10-6-9-12-4-2/h11H,3-10H2,1-2H3. The maximum atomic E-state index is 5.41. The van der Waals surface area contributed by atoms with Gasteiger partial charge in [-0.25, -0.2) is 0 Å². The fourth-order valence-electron chi connectivity index (χ4n) is 0.985. The van der Waals surface area contributed by atoms with E-state index in [4.69, 9.17) is 9.47 Å². The second-order valence-corrected chi connectivity index (χ2v) is 2.87. The van der Waals surface area contributed by atoms with Gasteiger partial charge in [0.05, 0.1) is 0 Å². The fourth-order valence-corrected chi connectivity index (χ4v) is 0.985. The highest BCUT2D eigenvalue weighted by Gasteiger charge is 1.89. The Balaban J connectivity index is 2.76. The number of rotatable bonds is 10. The monoisotopic (exact) mass is 189 g/mol. The molecule has 0 amide bonds. The van der Waals surface area contributed by atoms with Crippen molar-refractivity contribution in [1.29, 1.82) is 0 Å². The molecule has 13 heavy (non-hydrogen) atoms. The molecule has 0 saturated heterocycles. The summed E-state index contributed by atoms with van der Waals surface area (Å²) in [4.78, 5) is 0. The summed E-state index contributed by atoms with van der Waals surface area (Å²) >= 11 is 0. The van der Waals surface area contributed by atoms with Gasteiger partial charge >= 0.3 is 0 Å². The summed E-state index contributed by atoms with van der Waals surface area (Å²) in [6.07, 6.45) is 2.11. The van der Waals surface area contributed by atoms with Crippen LogP contribution in [0.15, 0.2) is 0 Å². The highest BCUT2D eigenvalue weighted by molar-refractivity contribution is 4.43. The Morgan fingerprint density at radius 2 is 1.62 bits per heavy atom. The van der Waals surface area contributed by atoms with Crippen molar-refractivity contribution in [2.75, 3.05) is 39.5 Å². The van der Waals surface area contributed by atoms with Gasteiger partial charge in [0, 0.05) is 26.4 Å². The van der Waals surface area contributed by atoms with Gasteiger partial charge < -0.3 is 14.8 Å². The van der Waals surface area contributed by atoms with Crippen LogP contribution in [0.3, 0.4) is 0 Å². The highest BCUT2D eigenvalue weighted by Crippen LogP contribution is 1.86. The maximum Gasteiger partial charge on any atom is 0.0487 e. The van der Waals surface area contributed by atoms with E-state index in [9.17, 15) is 0 Å². The van der Waals surface area contributed by atoms with Crippen LogP contribution in [0, 0.1) is 0 Å². The van der Waals surface area contributed by atoms with Crippen molar-refractivity contribution >= 4 is 0 Å². The van der Waals surface area contributed by atoms with E-state index in [1.165, 1.54) is 0 Å². The maximum absolute atomic E-state index is 5.41. The zero-order chi connectivity index (χ0) is 9.78. The zero-order valence-electron chi connectivity index (χ0n) is 8.97. The van der Waals surface area contributed by atoms with Crippen LogP contribution < -0.4 is 5.32 Å². The Labute approximate surface area is 81.8 Å². The minimum absolute atomic E-state index is 0.806. The highest BCUT2D eigenvalue weighted by atomic mass is 16.5. The van der Waals surface area contributed by atoms with Gasteiger partial charge in [0.25, 0.3) is 0 Å². The van der Waals surface area contributed by atoms with Crippen molar-refractivity contribution < 1.29 is 9.47 Å². The Bertz CT molecular complexity index is 79.0. The average molecular weight is 189 g/mol. The summed E-state index contributed by atoms with van der Waals surface area (Å²) in [5.41, 5.74) is 0. The van der Waals surface area contributed by atoms with Crippen molar-refractivity contribution in [2.24, 2.45) is 0 Å². The average Bonchev–Trinajstić information content (AvgIpc) is 2.16. The molecule has 0 aliphatic heterocycles. The lowest BCUT2D eigenvalue weighted by molar-refractivity contribution is 0.0869. The number of nitrogens with one attached hydrogen (secondary N) is 1. The molecule has 0 unspecified atom stereocenters. The lowest BCUT2D eigenvalue weighted by Crippen LogP contribution is -2.16. The molecule has 0 aromatic rings. The SMILES string of the molecule is CCNCCCOCCCOCC. The van der Waals surface area contributed by atoms with E-state index >= 15 is 0 Å². The molecule has 0 fully saturated rings. The third-order valence-electron chi connectivity index (χ3n) is 1.67. The van der Waals surface area contributed by atoms with Crippen LogP contribution in [0.5, 0.6) is 0 Å². The van der Waals surface area contributed by atoms with Crippen LogP contribution in [0.25, 0.3) is 0 Å². The van der Waals surface area contributed by atoms with E-state index in [-0.39, 0.29) is 0 Å². The van der Waals surface area contributed by atoms with Crippen LogP contribution in [-0.2, 0) is 9.47 Å². The summed E-state index contributed by atoms with van der Waals surface area (Å²) in [7, 11) is 0. The first-order valence-electron chi connectivity index (χ1n) is 5.28. The molecule has 0 rings (SSSR count). The summed E-state index contributed by atoms with van der Waals surface area (Å²) in [6, 6.07) is 0. The molecule has 0 aromatic heterocycles. The lowest BCUT2D eigenvalue weighted by atomic mass is 10.4. The Kier molecular flexibility index (Phi) is 11.8. The molecular weight excluding hydrogens is 166 g/mol.